The van der Waals surface area contributed by atoms with Gasteiger partial charge in [-0.1, -0.05) is 173 Å². The molecule has 14 rings (SSSR count). The van der Waals surface area contributed by atoms with Gasteiger partial charge in [-0.3, -0.25) is 0 Å². The molecule has 11 aromatic rings. The largest absolute Gasteiger partial charge is 0.0622 e. The zero-order valence-electron chi connectivity index (χ0n) is 39.0. The smallest absolute Gasteiger partial charge is 0.0159 e. The zero-order valence-corrected chi connectivity index (χ0v) is 39.0. The number of fused-ring (bicyclic) bond motifs is 16. The van der Waals surface area contributed by atoms with Crippen LogP contribution in [-0.2, 0) is 17.3 Å². The monoisotopic (exact) mass is 854 g/mol. The SMILES string of the molecule is Cc1c(C)c2cc3c(cc2c2cc4c(cc12)-c1c(cc(-c2ccccc2)c2ccccc12)C4(C)C)C(C)(C)c1cc(-c2cccc4c2Cc2c(-c5ccccc5)cccc2-4)c2ccccc2c1-3. The van der Waals surface area contributed by atoms with Crippen molar-refractivity contribution in [3.63, 3.8) is 0 Å². The molecule has 0 aliphatic heterocycles. The first-order valence-electron chi connectivity index (χ1n) is 24.1. The third-order valence-corrected chi connectivity index (χ3v) is 16.8. The number of hydrogen-bond donors (Lipinski definition) is 0. The van der Waals surface area contributed by atoms with E-state index in [1.807, 2.05) is 0 Å². The molecule has 318 valence electrons. The maximum Gasteiger partial charge on any atom is 0.0159 e. The molecule has 0 heterocycles. The second-order valence-corrected chi connectivity index (χ2v) is 20.7. The molecule has 67 heavy (non-hydrogen) atoms. The fraction of sp³-hybridized carbons (Fsp3) is 0.134. The van der Waals surface area contributed by atoms with Gasteiger partial charge in [0.05, 0.1) is 0 Å². The minimum Gasteiger partial charge on any atom is -0.0622 e. The Morgan fingerprint density at radius 1 is 0.284 bits per heavy atom. The Morgan fingerprint density at radius 2 is 0.672 bits per heavy atom. The second-order valence-electron chi connectivity index (χ2n) is 20.7. The van der Waals surface area contributed by atoms with Gasteiger partial charge in [-0.05, 0) is 211 Å². The Morgan fingerprint density at radius 3 is 1.18 bits per heavy atom. The summed E-state index contributed by atoms with van der Waals surface area (Å²) in [5.41, 5.74) is 27.0. The summed E-state index contributed by atoms with van der Waals surface area (Å²) in [6, 6.07) is 69.4. The molecule has 0 N–H and O–H groups in total. The van der Waals surface area contributed by atoms with E-state index in [1.54, 1.807) is 0 Å². The second kappa shape index (κ2) is 13.5. The normalized spacial score (nSPS) is 14.6. The van der Waals surface area contributed by atoms with E-state index in [1.165, 1.54) is 154 Å². The van der Waals surface area contributed by atoms with Crippen LogP contribution in [-0.4, -0.2) is 0 Å². The van der Waals surface area contributed by atoms with Crippen molar-refractivity contribution < 1.29 is 0 Å². The lowest BCUT2D eigenvalue weighted by Crippen LogP contribution is -2.16. The van der Waals surface area contributed by atoms with Gasteiger partial charge in [-0.2, -0.15) is 0 Å². The quantitative estimate of drug-likeness (QED) is 0.155. The molecule has 3 aliphatic carbocycles. The Bertz CT molecular complexity index is 3990. The summed E-state index contributed by atoms with van der Waals surface area (Å²) in [4.78, 5) is 0. The van der Waals surface area contributed by atoms with Crippen LogP contribution in [0.4, 0.5) is 0 Å². The summed E-state index contributed by atoms with van der Waals surface area (Å²) in [5, 5.41) is 10.8. The van der Waals surface area contributed by atoms with Gasteiger partial charge >= 0.3 is 0 Å². The highest BCUT2D eigenvalue weighted by Crippen LogP contribution is 2.58. The molecule has 0 heteroatoms. The highest BCUT2D eigenvalue weighted by molar-refractivity contribution is 6.18. The van der Waals surface area contributed by atoms with E-state index in [0.29, 0.717) is 0 Å². The predicted molar refractivity (Wildman–Crippen MR) is 286 cm³/mol. The summed E-state index contributed by atoms with van der Waals surface area (Å²) < 4.78 is 0. The molecule has 0 saturated heterocycles. The van der Waals surface area contributed by atoms with E-state index < -0.39 is 0 Å². The third kappa shape index (κ3) is 5.14. The maximum absolute atomic E-state index is 2.60. The number of benzene rings is 11. The minimum absolute atomic E-state index is 0.179. The zero-order chi connectivity index (χ0) is 45.1. The predicted octanol–water partition coefficient (Wildman–Crippen LogP) is 18.1. The van der Waals surface area contributed by atoms with Crippen LogP contribution >= 0.6 is 0 Å². The van der Waals surface area contributed by atoms with Gasteiger partial charge in [0.2, 0.25) is 0 Å². The van der Waals surface area contributed by atoms with Crippen molar-refractivity contribution in [2.45, 2.75) is 58.8 Å². The van der Waals surface area contributed by atoms with Crippen molar-refractivity contribution >= 4 is 43.1 Å². The molecule has 11 aromatic carbocycles. The van der Waals surface area contributed by atoms with Crippen molar-refractivity contribution in [1.82, 2.24) is 0 Å². The molecular formula is C67H50. The van der Waals surface area contributed by atoms with Crippen LogP contribution in [0.5, 0.6) is 0 Å². The standard InChI is InChI=1S/C67H50/c1-38-39(2)51-32-59-61(36-57(51)56-35-60-58(31-50(38)56)64-48-25-15-13-23-45(48)52(34-62(64)66(60,3)4)41-21-11-8-12-22-41)67(5,6)63-37-55(46-24-14-16-26-49(46)65(59)63)47-30-18-29-44-43-28-17-27-42(53(43)33-54(44)47)40-19-9-7-10-20-40/h7-32,34-37H,33H2,1-6H3. The first-order valence-corrected chi connectivity index (χ1v) is 24.1. The first kappa shape index (κ1) is 38.7. The van der Waals surface area contributed by atoms with E-state index in [-0.39, 0.29) is 10.8 Å². The molecule has 0 aromatic heterocycles. The number of aryl methyl sites for hydroxylation is 2. The Hall–Kier alpha value is -7.54. The van der Waals surface area contributed by atoms with Gasteiger partial charge in [-0.25, -0.2) is 0 Å². The fourth-order valence-corrected chi connectivity index (χ4v) is 13.2. The lowest BCUT2D eigenvalue weighted by molar-refractivity contribution is 0.661. The topological polar surface area (TPSA) is 0 Å². The van der Waals surface area contributed by atoms with Crippen molar-refractivity contribution in [2.24, 2.45) is 0 Å². The lowest BCUT2D eigenvalue weighted by Gasteiger charge is -2.25. The van der Waals surface area contributed by atoms with Gasteiger partial charge in [0.1, 0.15) is 0 Å². The van der Waals surface area contributed by atoms with Crippen LogP contribution in [0.1, 0.15) is 72.2 Å². The van der Waals surface area contributed by atoms with Gasteiger partial charge in [-0.15, -0.1) is 0 Å². The molecule has 0 unspecified atom stereocenters. The van der Waals surface area contributed by atoms with Crippen LogP contribution in [0.25, 0.3) is 110 Å². The molecule has 0 spiro atoms. The molecule has 0 fully saturated rings. The molecule has 0 radical (unpaired) electrons. The van der Waals surface area contributed by atoms with Gasteiger partial charge in [0.15, 0.2) is 0 Å². The first-order chi connectivity index (χ1) is 32.6. The van der Waals surface area contributed by atoms with Crippen molar-refractivity contribution in [1.29, 1.82) is 0 Å². The minimum atomic E-state index is -0.219. The highest BCUT2D eigenvalue weighted by atomic mass is 14.4. The summed E-state index contributed by atoms with van der Waals surface area (Å²) in [6.45, 7) is 14.5. The van der Waals surface area contributed by atoms with E-state index in [4.69, 9.17) is 0 Å². The van der Waals surface area contributed by atoms with E-state index in [0.717, 1.165) is 6.42 Å². The average molecular weight is 855 g/mol. The van der Waals surface area contributed by atoms with E-state index in [9.17, 15) is 0 Å². The third-order valence-electron chi connectivity index (χ3n) is 16.8. The average Bonchev–Trinajstić information content (AvgIpc) is 3.94. The molecule has 0 bridgehead atoms. The molecule has 3 aliphatic rings. The van der Waals surface area contributed by atoms with E-state index >= 15 is 0 Å². The molecule has 0 nitrogen and oxygen atoms in total. The van der Waals surface area contributed by atoms with E-state index in [2.05, 4.69) is 224 Å². The number of rotatable bonds is 3. The Balaban J connectivity index is 0.962. The summed E-state index contributed by atoms with van der Waals surface area (Å²) in [6.07, 6.45) is 0.925. The summed E-state index contributed by atoms with van der Waals surface area (Å²) in [7, 11) is 0. The Kier molecular flexibility index (Phi) is 7.81. The van der Waals surface area contributed by atoms with Crippen LogP contribution < -0.4 is 0 Å². The molecule has 0 saturated carbocycles. The van der Waals surface area contributed by atoms with Crippen LogP contribution in [0.15, 0.2) is 182 Å². The molecular weight excluding hydrogens is 805 g/mol. The van der Waals surface area contributed by atoms with Crippen LogP contribution in [0, 0.1) is 13.8 Å². The van der Waals surface area contributed by atoms with Crippen molar-refractivity contribution in [3.8, 4) is 66.8 Å². The maximum atomic E-state index is 2.60. The Labute approximate surface area is 393 Å². The van der Waals surface area contributed by atoms with Gasteiger partial charge in [0, 0.05) is 10.8 Å². The number of hydrogen-bond acceptors (Lipinski definition) is 0. The van der Waals surface area contributed by atoms with Crippen molar-refractivity contribution in [3.05, 3.63) is 226 Å². The van der Waals surface area contributed by atoms with Gasteiger partial charge in [0.25, 0.3) is 0 Å². The summed E-state index contributed by atoms with van der Waals surface area (Å²) >= 11 is 0. The van der Waals surface area contributed by atoms with Crippen LogP contribution in [0.2, 0.25) is 0 Å². The summed E-state index contributed by atoms with van der Waals surface area (Å²) in [5.74, 6) is 0. The fourth-order valence-electron chi connectivity index (χ4n) is 13.2. The lowest BCUT2D eigenvalue weighted by atomic mass is 9.78. The van der Waals surface area contributed by atoms with Crippen LogP contribution in [0.3, 0.4) is 0 Å². The molecule has 0 amide bonds. The van der Waals surface area contributed by atoms with Gasteiger partial charge < -0.3 is 0 Å². The van der Waals surface area contributed by atoms with Crippen molar-refractivity contribution in [2.75, 3.05) is 0 Å². The molecule has 0 atom stereocenters. The highest BCUT2D eigenvalue weighted by Gasteiger charge is 2.40.